The van der Waals surface area contributed by atoms with Gasteiger partial charge in [-0.15, -0.1) is 0 Å². The number of ether oxygens (including phenoxy) is 3. The van der Waals surface area contributed by atoms with Crippen molar-refractivity contribution in [3.8, 4) is 5.75 Å². The zero-order valence-corrected chi connectivity index (χ0v) is 13.6. The van der Waals surface area contributed by atoms with Crippen LogP contribution in [0.2, 0.25) is 0 Å². The van der Waals surface area contributed by atoms with Crippen LogP contribution in [0.5, 0.6) is 5.75 Å². The van der Waals surface area contributed by atoms with Gasteiger partial charge in [0, 0.05) is 6.07 Å². The Kier molecular flexibility index (Phi) is 5.67. The van der Waals surface area contributed by atoms with Crippen LogP contribution in [-0.2, 0) is 16.1 Å². The first-order chi connectivity index (χ1) is 12.0. The van der Waals surface area contributed by atoms with Crippen LogP contribution < -0.4 is 4.74 Å². The maximum atomic E-state index is 12.1. The number of nitro groups is 1. The molecule has 0 bridgehead atoms. The van der Waals surface area contributed by atoms with Crippen LogP contribution in [0.4, 0.5) is 5.69 Å². The summed E-state index contributed by atoms with van der Waals surface area (Å²) in [6.07, 6.45) is 0. The topological polar surface area (TPSA) is 105 Å². The Hall–Kier alpha value is -3.42. The maximum Gasteiger partial charge on any atom is 0.338 e. The van der Waals surface area contributed by atoms with Gasteiger partial charge in [0.15, 0.2) is 5.75 Å². The molecule has 8 heteroatoms. The minimum Gasteiger partial charge on any atom is -0.490 e. The molecule has 0 amide bonds. The molecular weight excluding hydrogens is 330 g/mol. The highest BCUT2D eigenvalue weighted by molar-refractivity contribution is 5.91. The van der Waals surface area contributed by atoms with Gasteiger partial charge in [-0.1, -0.05) is 12.1 Å². The molecular formula is C17H15NO7. The smallest absolute Gasteiger partial charge is 0.338 e. The van der Waals surface area contributed by atoms with Crippen molar-refractivity contribution in [2.75, 3.05) is 14.2 Å². The van der Waals surface area contributed by atoms with Crippen molar-refractivity contribution < 1.29 is 28.7 Å². The molecule has 0 aromatic heterocycles. The van der Waals surface area contributed by atoms with E-state index < -0.39 is 16.9 Å². The molecule has 0 fully saturated rings. The average molecular weight is 345 g/mol. The molecule has 0 aliphatic rings. The summed E-state index contributed by atoms with van der Waals surface area (Å²) in [7, 11) is 2.57. The summed E-state index contributed by atoms with van der Waals surface area (Å²) in [4.78, 5) is 33.9. The number of hydrogen-bond donors (Lipinski definition) is 0. The molecule has 0 heterocycles. The number of carbonyl (C=O) groups is 2. The largest absolute Gasteiger partial charge is 0.490 e. The van der Waals surface area contributed by atoms with E-state index in [1.807, 2.05) is 0 Å². The molecule has 0 saturated heterocycles. The van der Waals surface area contributed by atoms with Gasteiger partial charge in [0.1, 0.15) is 6.61 Å². The molecule has 2 aromatic carbocycles. The minimum atomic E-state index is -0.728. The Balaban J connectivity index is 2.12. The number of rotatable bonds is 6. The van der Waals surface area contributed by atoms with Gasteiger partial charge >= 0.3 is 17.6 Å². The van der Waals surface area contributed by atoms with Crippen LogP contribution in [0.25, 0.3) is 0 Å². The quantitative estimate of drug-likeness (QED) is 0.450. The number of benzene rings is 2. The average Bonchev–Trinajstić information content (AvgIpc) is 2.64. The van der Waals surface area contributed by atoms with Gasteiger partial charge in [0.05, 0.1) is 30.3 Å². The van der Waals surface area contributed by atoms with Gasteiger partial charge in [-0.2, -0.15) is 0 Å². The summed E-state index contributed by atoms with van der Waals surface area (Å²) in [5.41, 5.74) is 0.608. The Morgan fingerprint density at radius 2 is 1.76 bits per heavy atom. The molecule has 2 aromatic rings. The zero-order valence-electron chi connectivity index (χ0n) is 13.6. The van der Waals surface area contributed by atoms with Crippen LogP contribution >= 0.6 is 0 Å². The minimum absolute atomic E-state index is 0.0247. The maximum absolute atomic E-state index is 12.1. The van der Waals surface area contributed by atoms with Crippen LogP contribution in [-0.4, -0.2) is 31.1 Å². The highest BCUT2D eigenvalue weighted by Gasteiger charge is 2.19. The van der Waals surface area contributed by atoms with Crippen molar-refractivity contribution in [2.24, 2.45) is 0 Å². The van der Waals surface area contributed by atoms with Crippen LogP contribution in [0.1, 0.15) is 26.3 Å². The lowest BCUT2D eigenvalue weighted by molar-refractivity contribution is -0.385. The molecule has 0 N–H and O–H groups in total. The molecule has 25 heavy (non-hydrogen) atoms. The van der Waals surface area contributed by atoms with E-state index in [9.17, 15) is 19.7 Å². The summed E-state index contributed by atoms with van der Waals surface area (Å²) < 4.78 is 14.6. The highest BCUT2D eigenvalue weighted by Crippen LogP contribution is 2.27. The van der Waals surface area contributed by atoms with Crippen molar-refractivity contribution in [1.29, 1.82) is 0 Å². The molecule has 2 rings (SSSR count). The third-order valence-electron chi connectivity index (χ3n) is 3.33. The van der Waals surface area contributed by atoms with Gasteiger partial charge in [-0.3, -0.25) is 10.1 Å². The molecule has 130 valence electrons. The first-order valence-corrected chi connectivity index (χ1v) is 7.13. The van der Waals surface area contributed by atoms with Crippen molar-refractivity contribution in [3.05, 3.63) is 69.3 Å². The first-order valence-electron chi connectivity index (χ1n) is 7.13. The van der Waals surface area contributed by atoms with Gasteiger partial charge < -0.3 is 14.2 Å². The van der Waals surface area contributed by atoms with Crippen molar-refractivity contribution in [3.63, 3.8) is 0 Å². The monoisotopic (exact) mass is 345 g/mol. The number of esters is 2. The predicted molar refractivity (Wildman–Crippen MR) is 86.5 cm³/mol. The molecule has 0 atom stereocenters. The molecule has 0 unspecified atom stereocenters. The fourth-order valence-electron chi connectivity index (χ4n) is 2.10. The number of nitrogens with zero attached hydrogens (tertiary/aromatic N) is 1. The van der Waals surface area contributed by atoms with E-state index in [2.05, 4.69) is 4.74 Å². The summed E-state index contributed by atoms with van der Waals surface area (Å²) in [6, 6.07) is 10.2. The SMILES string of the molecule is COC(=O)c1cccc(COC(=O)c2ccc(OC)c([N+](=O)[O-])c2)c1. The second-order valence-electron chi connectivity index (χ2n) is 4.91. The highest BCUT2D eigenvalue weighted by atomic mass is 16.6. The lowest BCUT2D eigenvalue weighted by Crippen LogP contribution is -2.07. The fourth-order valence-corrected chi connectivity index (χ4v) is 2.10. The van der Waals surface area contributed by atoms with E-state index in [-0.39, 0.29) is 23.6 Å². The Morgan fingerprint density at radius 3 is 2.40 bits per heavy atom. The molecule has 0 aliphatic carbocycles. The van der Waals surface area contributed by atoms with E-state index in [1.54, 1.807) is 18.2 Å². The Morgan fingerprint density at radius 1 is 1.04 bits per heavy atom. The Labute approximate surface area is 143 Å². The zero-order chi connectivity index (χ0) is 18.4. The van der Waals surface area contributed by atoms with Crippen LogP contribution in [0.15, 0.2) is 42.5 Å². The van der Waals surface area contributed by atoms with E-state index in [1.165, 1.54) is 32.4 Å². The van der Waals surface area contributed by atoms with Gasteiger partial charge in [-0.25, -0.2) is 9.59 Å². The number of carbonyl (C=O) groups excluding carboxylic acids is 2. The number of methoxy groups -OCH3 is 2. The van der Waals surface area contributed by atoms with E-state index >= 15 is 0 Å². The molecule has 0 saturated carbocycles. The van der Waals surface area contributed by atoms with Gasteiger partial charge in [0.25, 0.3) is 0 Å². The van der Waals surface area contributed by atoms with Gasteiger partial charge in [0.2, 0.25) is 0 Å². The van der Waals surface area contributed by atoms with E-state index in [0.717, 1.165) is 6.07 Å². The number of nitro benzene ring substituents is 1. The van der Waals surface area contributed by atoms with E-state index in [0.29, 0.717) is 11.1 Å². The number of hydrogen-bond acceptors (Lipinski definition) is 7. The lowest BCUT2D eigenvalue weighted by atomic mass is 10.1. The second-order valence-corrected chi connectivity index (χ2v) is 4.91. The second kappa shape index (κ2) is 7.91. The van der Waals surface area contributed by atoms with Crippen LogP contribution in [0, 0.1) is 10.1 Å². The van der Waals surface area contributed by atoms with Crippen molar-refractivity contribution in [1.82, 2.24) is 0 Å². The summed E-state index contributed by atoms with van der Waals surface area (Å²) >= 11 is 0. The van der Waals surface area contributed by atoms with Crippen molar-refractivity contribution in [2.45, 2.75) is 6.61 Å². The summed E-state index contributed by atoms with van der Waals surface area (Å²) in [6.45, 7) is -0.0938. The standard InChI is InChI=1S/C17H15NO7/c1-23-15-7-6-13(9-14(15)18(21)22)17(20)25-10-11-4-3-5-12(8-11)16(19)24-2/h3-9H,10H2,1-2H3. The van der Waals surface area contributed by atoms with Crippen molar-refractivity contribution >= 4 is 17.6 Å². The van der Waals surface area contributed by atoms with Gasteiger partial charge in [-0.05, 0) is 29.8 Å². The Bertz CT molecular complexity index is 816. The summed E-state index contributed by atoms with van der Waals surface area (Å²) in [5, 5.41) is 11.0. The normalized spacial score (nSPS) is 10.0. The first kappa shape index (κ1) is 17.9. The lowest BCUT2D eigenvalue weighted by Gasteiger charge is -2.07. The predicted octanol–water partition coefficient (Wildman–Crippen LogP) is 2.75. The van der Waals surface area contributed by atoms with E-state index in [4.69, 9.17) is 9.47 Å². The molecule has 0 radical (unpaired) electrons. The third-order valence-corrected chi connectivity index (χ3v) is 3.33. The molecule has 8 nitrogen and oxygen atoms in total. The fraction of sp³-hybridized carbons (Fsp3) is 0.176. The molecule has 0 aliphatic heterocycles. The summed E-state index contributed by atoms with van der Waals surface area (Å²) in [5.74, 6) is -1.18. The third kappa shape index (κ3) is 4.31. The van der Waals surface area contributed by atoms with Crippen LogP contribution in [0.3, 0.4) is 0 Å². The molecule has 0 spiro atoms.